The van der Waals surface area contributed by atoms with Crippen LogP contribution in [0.2, 0.25) is 0 Å². The minimum absolute atomic E-state index is 0.101. The van der Waals surface area contributed by atoms with E-state index in [0.29, 0.717) is 18.0 Å². The van der Waals surface area contributed by atoms with Crippen molar-refractivity contribution < 1.29 is 9.21 Å². The fraction of sp³-hybridized carbons (Fsp3) is 0.238. The first-order chi connectivity index (χ1) is 23.3. The van der Waals surface area contributed by atoms with Gasteiger partial charge in [-0.15, -0.1) is 11.3 Å². The Balaban J connectivity index is 1.37. The summed E-state index contributed by atoms with van der Waals surface area (Å²) in [7, 11) is 0. The van der Waals surface area contributed by atoms with Crippen molar-refractivity contribution in [3.8, 4) is 28.2 Å². The Morgan fingerprint density at radius 1 is 0.958 bits per heavy atom. The van der Waals surface area contributed by atoms with Gasteiger partial charge in [0.2, 0.25) is 0 Å². The van der Waals surface area contributed by atoms with Crippen LogP contribution < -0.4 is 5.32 Å². The van der Waals surface area contributed by atoms with E-state index >= 15 is 0 Å². The number of benzene rings is 3. The van der Waals surface area contributed by atoms with Crippen LogP contribution >= 0.6 is 11.3 Å². The van der Waals surface area contributed by atoms with Gasteiger partial charge < -0.3 is 14.3 Å². The number of thiophene rings is 1. The zero-order valence-corrected chi connectivity index (χ0v) is 28.8. The van der Waals surface area contributed by atoms with Crippen LogP contribution in [0.1, 0.15) is 64.9 Å². The first-order valence-corrected chi connectivity index (χ1v) is 17.5. The lowest BCUT2D eigenvalue weighted by Gasteiger charge is -2.33. The molecule has 0 fully saturated rings. The zero-order chi connectivity index (χ0) is 33.3. The number of nitrogens with one attached hydrogen (secondary N) is 1. The third-order valence-electron chi connectivity index (χ3n) is 9.46. The number of carbonyl (C=O) groups excluding carboxylic acids is 1. The van der Waals surface area contributed by atoms with Gasteiger partial charge in [-0.3, -0.25) is 4.79 Å². The molecule has 7 rings (SSSR count). The number of aliphatic imine (C=N–C) groups is 1. The average molecular weight is 652 g/mol. The molecule has 6 aromatic rings. The number of rotatable bonds is 8. The van der Waals surface area contributed by atoms with Crippen molar-refractivity contribution in [1.29, 1.82) is 0 Å². The number of hydrogen-bond acceptors (Lipinski definition) is 4. The van der Waals surface area contributed by atoms with Gasteiger partial charge in [-0.25, -0.2) is 4.99 Å². The zero-order valence-electron chi connectivity index (χ0n) is 28.0. The summed E-state index contributed by atoms with van der Waals surface area (Å²) in [5, 5.41) is 3.87. The highest BCUT2D eigenvalue weighted by molar-refractivity contribution is 7.16. The molecule has 1 aliphatic rings. The number of amides is 1. The first kappa shape index (κ1) is 31.6. The van der Waals surface area contributed by atoms with Crippen LogP contribution in [0.4, 0.5) is 5.00 Å². The van der Waals surface area contributed by atoms with E-state index in [4.69, 9.17) is 9.41 Å². The molecule has 0 aliphatic heterocycles. The molecule has 6 heteroatoms. The van der Waals surface area contributed by atoms with E-state index in [1.54, 1.807) is 17.6 Å². The fourth-order valence-electron chi connectivity index (χ4n) is 6.74. The Kier molecular flexibility index (Phi) is 8.76. The molecule has 0 saturated carbocycles. The van der Waals surface area contributed by atoms with Crippen molar-refractivity contribution in [2.45, 2.75) is 53.5 Å². The monoisotopic (exact) mass is 651 g/mol. The molecule has 1 aliphatic carbocycles. The van der Waals surface area contributed by atoms with Gasteiger partial charge in [0.15, 0.2) is 0 Å². The molecule has 3 aromatic heterocycles. The second-order valence-electron chi connectivity index (χ2n) is 13.7. The van der Waals surface area contributed by atoms with Gasteiger partial charge in [0.05, 0.1) is 29.8 Å². The van der Waals surface area contributed by atoms with Crippen LogP contribution in [0.25, 0.3) is 28.2 Å². The van der Waals surface area contributed by atoms with Crippen molar-refractivity contribution in [1.82, 2.24) is 9.88 Å². The number of fused-ring (bicyclic) bond motifs is 1. The van der Waals surface area contributed by atoms with Gasteiger partial charge >= 0.3 is 0 Å². The number of nitrogens with zero attached hydrogens (tertiary/aromatic N) is 2. The summed E-state index contributed by atoms with van der Waals surface area (Å²) in [6.45, 7) is 9.41. The summed E-state index contributed by atoms with van der Waals surface area (Å²) < 4.78 is 7.83. The number of aryl methyl sites for hydroxylation is 1. The maximum Gasteiger partial charge on any atom is 0.255 e. The topological polar surface area (TPSA) is 59.5 Å². The van der Waals surface area contributed by atoms with E-state index < -0.39 is 0 Å². The SMILES string of the molecule is Cc1ccc(-n2c(-c3ccccc3)cc(C=Nc3sc4c(c3C(=O)NCc3ccco3)CC[C@H](C(C)(C)C)C4)c2-c2ccccc2)cc1. The molecule has 3 aromatic carbocycles. The molecule has 1 N–H and O–H groups in total. The van der Waals surface area contributed by atoms with Gasteiger partial charge in [0.25, 0.3) is 5.91 Å². The van der Waals surface area contributed by atoms with Crippen LogP contribution in [0.5, 0.6) is 0 Å². The third-order valence-corrected chi connectivity index (χ3v) is 10.6. The molecular weight excluding hydrogens is 611 g/mol. The molecule has 48 heavy (non-hydrogen) atoms. The Labute approximate surface area is 287 Å². The van der Waals surface area contributed by atoms with Crippen LogP contribution in [-0.2, 0) is 19.4 Å². The fourth-order valence-corrected chi connectivity index (χ4v) is 8.00. The molecule has 0 unspecified atom stereocenters. The quantitative estimate of drug-likeness (QED) is 0.167. The van der Waals surface area contributed by atoms with Crippen LogP contribution in [0.15, 0.2) is 119 Å². The Morgan fingerprint density at radius 2 is 1.67 bits per heavy atom. The number of furan rings is 1. The van der Waals surface area contributed by atoms with Crippen molar-refractivity contribution in [2.24, 2.45) is 16.3 Å². The van der Waals surface area contributed by atoms with Gasteiger partial charge in [-0.05, 0) is 84.5 Å². The molecule has 242 valence electrons. The maximum absolute atomic E-state index is 13.9. The van der Waals surface area contributed by atoms with Gasteiger partial charge in [-0.1, -0.05) is 99.1 Å². The Morgan fingerprint density at radius 3 is 2.33 bits per heavy atom. The molecular formula is C42H41N3O2S. The minimum Gasteiger partial charge on any atom is -0.467 e. The largest absolute Gasteiger partial charge is 0.467 e. The molecule has 5 nitrogen and oxygen atoms in total. The summed E-state index contributed by atoms with van der Waals surface area (Å²) in [5.74, 6) is 1.18. The number of hydrogen-bond donors (Lipinski definition) is 1. The van der Waals surface area contributed by atoms with E-state index in [-0.39, 0.29) is 11.3 Å². The minimum atomic E-state index is -0.101. The van der Waals surface area contributed by atoms with E-state index in [0.717, 1.165) is 69.4 Å². The van der Waals surface area contributed by atoms with Gasteiger partial charge in [-0.2, -0.15) is 0 Å². The van der Waals surface area contributed by atoms with Crippen LogP contribution in [-0.4, -0.2) is 16.7 Å². The summed E-state index contributed by atoms with van der Waals surface area (Å²) >= 11 is 1.67. The Hall–Kier alpha value is -4.94. The number of carbonyl (C=O) groups is 1. The highest BCUT2D eigenvalue weighted by Gasteiger charge is 2.34. The van der Waals surface area contributed by atoms with Crippen molar-refractivity contribution in [3.63, 3.8) is 0 Å². The summed E-state index contributed by atoms with van der Waals surface area (Å²) in [4.78, 5) is 20.4. The summed E-state index contributed by atoms with van der Waals surface area (Å²) in [6.07, 6.45) is 6.50. The Bertz CT molecular complexity index is 2050. The molecule has 0 saturated heterocycles. The molecule has 1 atom stereocenters. The molecule has 0 spiro atoms. The van der Waals surface area contributed by atoms with Gasteiger partial charge in [0.1, 0.15) is 10.8 Å². The predicted molar refractivity (Wildman–Crippen MR) is 198 cm³/mol. The normalized spacial score (nSPS) is 14.7. The predicted octanol–water partition coefficient (Wildman–Crippen LogP) is 10.6. The lowest BCUT2D eigenvalue weighted by atomic mass is 9.72. The first-order valence-electron chi connectivity index (χ1n) is 16.7. The van der Waals surface area contributed by atoms with Crippen LogP contribution in [0, 0.1) is 18.3 Å². The van der Waals surface area contributed by atoms with E-state index in [1.165, 1.54) is 10.4 Å². The third kappa shape index (κ3) is 6.45. The highest BCUT2D eigenvalue weighted by atomic mass is 32.1. The lowest BCUT2D eigenvalue weighted by molar-refractivity contribution is 0.0947. The molecule has 1 amide bonds. The van der Waals surface area contributed by atoms with E-state index in [9.17, 15) is 4.79 Å². The summed E-state index contributed by atoms with van der Waals surface area (Å²) in [5.41, 5.74) is 9.67. The van der Waals surface area contributed by atoms with Crippen LogP contribution in [0.3, 0.4) is 0 Å². The molecule has 0 radical (unpaired) electrons. The van der Waals surface area contributed by atoms with E-state index in [1.807, 2.05) is 30.5 Å². The molecule has 0 bridgehead atoms. The maximum atomic E-state index is 13.9. The van der Waals surface area contributed by atoms with Crippen molar-refractivity contribution in [2.75, 3.05) is 0 Å². The second-order valence-corrected chi connectivity index (χ2v) is 14.8. The highest BCUT2D eigenvalue weighted by Crippen LogP contribution is 2.45. The average Bonchev–Trinajstić information content (AvgIpc) is 3.84. The molecule has 3 heterocycles. The van der Waals surface area contributed by atoms with E-state index in [2.05, 4.69) is 116 Å². The van der Waals surface area contributed by atoms with Gasteiger partial charge in [0, 0.05) is 22.3 Å². The summed E-state index contributed by atoms with van der Waals surface area (Å²) in [6, 6.07) is 35.6. The van der Waals surface area contributed by atoms with Crippen molar-refractivity contribution >= 4 is 28.5 Å². The number of aromatic nitrogens is 1. The standard InChI is InChI=1S/C42H41N3O2S/c1-28-17-20-33(21-18-28)45-36(29-12-7-5-8-13-29)24-31(39(45)30-14-9-6-10-15-30)26-44-41-38(40(46)43-27-34-16-11-23-47-34)35-22-19-32(42(2,3)4)25-37(35)48-41/h5-18,20-21,23-24,26,32H,19,22,25,27H2,1-4H3,(H,43,46)/t32-/m0/s1. The van der Waals surface area contributed by atoms with Crippen molar-refractivity contribution in [3.05, 3.63) is 142 Å². The lowest BCUT2D eigenvalue weighted by Crippen LogP contribution is -2.28. The smallest absolute Gasteiger partial charge is 0.255 e. The second kappa shape index (κ2) is 13.3.